The van der Waals surface area contributed by atoms with Crippen LogP contribution in [0.1, 0.15) is 51.8 Å². The van der Waals surface area contributed by atoms with E-state index in [2.05, 4.69) is 10.6 Å². The Bertz CT molecular complexity index is 1060. The summed E-state index contributed by atoms with van der Waals surface area (Å²) in [6, 6.07) is 11.7. The van der Waals surface area contributed by atoms with Gasteiger partial charge >= 0.3 is 0 Å². The fourth-order valence-electron chi connectivity index (χ4n) is 4.17. The number of carbonyl (C=O) groups is 2. The van der Waals surface area contributed by atoms with Crippen molar-refractivity contribution < 1.29 is 18.4 Å². The second-order valence-electron chi connectivity index (χ2n) is 10.0. The summed E-state index contributed by atoms with van der Waals surface area (Å²) in [5, 5.41) is 5.95. The van der Waals surface area contributed by atoms with Crippen molar-refractivity contribution in [2.75, 3.05) is 13.1 Å². The van der Waals surface area contributed by atoms with Crippen LogP contribution in [0.5, 0.6) is 0 Å². The summed E-state index contributed by atoms with van der Waals surface area (Å²) in [7, 11) is 0. The highest BCUT2D eigenvalue weighted by Gasteiger charge is 2.39. The van der Waals surface area contributed by atoms with Crippen LogP contribution < -0.4 is 10.6 Å². The van der Waals surface area contributed by atoms with Gasteiger partial charge in [0.05, 0.1) is 18.6 Å². The molecule has 34 heavy (non-hydrogen) atoms. The number of amides is 2. The van der Waals surface area contributed by atoms with Gasteiger partial charge in [0.25, 0.3) is 0 Å². The lowest BCUT2D eigenvalue weighted by atomic mass is 9.85. The van der Waals surface area contributed by atoms with Crippen molar-refractivity contribution in [2.24, 2.45) is 5.41 Å². The molecule has 0 unspecified atom stereocenters. The molecule has 0 saturated heterocycles. The van der Waals surface area contributed by atoms with Crippen molar-refractivity contribution in [3.05, 3.63) is 77.4 Å². The van der Waals surface area contributed by atoms with Crippen LogP contribution in [0.25, 0.3) is 5.57 Å². The first-order chi connectivity index (χ1) is 16.0. The predicted molar refractivity (Wildman–Crippen MR) is 130 cm³/mol. The average molecular weight is 470 g/mol. The Morgan fingerprint density at radius 1 is 1.09 bits per heavy atom. The summed E-state index contributed by atoms with van der Waals surface area (Å²) < 4.78 is 28.5. The lowest BCUT2D eigenvalue weighted by Gasteiger charge is -2.36. The van der Waals surface area contributed by atoms with Gasteiger partial charge in [0.15, 0.2) is 0 Å². The van der Waals surface area contributed by atoms with Gasteiger partial charge in [-0.3, -0.25) is 14.9 Å². The summed E-state index contributed by atoms with van der Waals surface area (Å²) >= 11 is 0. The van der Waals surface area contributed by atoms with E-state index in [1.165, 1.54) is 0 Å². The van der Waals surface area contributed by atoms with Crippen molar-refractivity contribution in [3.63, 3.8) is 0 Å². The van der Waals surface area contributed by atoms with Gasteiger partial charge in [0, 0.05) is 18.2 Å². The molecule has 0 aromatic heterocycles. The zero-order valence-corrected chi connectivity index (χ0v) is 20.4. The first kappa shape index (κ1) is 25.6. The lowest BCUT2D eigenvalue weighted by Crippen LogP contribution is -2.55. The molecule has 5 nitrogen and oxygen atoms in total. The predicted octanol–water partition coefficient (Wildman–Crippen LogP) is 4.46. The largest absolute Gasteiger partial charge is 0.353 e. The molecule has 182 valence electrons. The number of rotatable bonds is 7. The Balaban J connectivity index is 1.93. The van der Waals surface area contributed by atoms with Gasteiger partial charge in [-0.05, 0) is 48.6 Å². The number of carbonyl (C=O) groups excluding carboxylic acids is 2. The molecule has 0 radical (unpaired) electrons. The normalized spacial score (nSPS) is 17.0. The van der Waals surface area contributed by atoms with Gasteiger partial charge in [-0.1, -0.05) is 57.2 Å². The molecule has 1 aliphatic heterocycles. The second-order valence-corrected chi connectivity index (χ2v) is 10.0. The molecule has 0 fully saturated rings. The zero-order chi connectivity index (χ0) is 25.0. The van der Waals surface area contributed by atoms with E-state index in [1.54, 1.807) is 4.90 Å². The van der Waals surface area contributed by atoms with Crippen molar-refractivity contribution in [3.8, 4) is 0 Å². The van der Waals surface area contributed by atoms with Crippen LogP contribution in [0.2, 0.25) is 0 Å². The number of benzene rings is 2. The van der Waals surface area contributed by atoms with E-state index >= 15 is 0 Å². The molecule has 2 atom stereocenters. The first-order valence-electron chi connectivity index (χ1n) is 11.5. The summed E-state index contributed by atoms with van der Waals surface area (Å²) in [4.78, 5) is 27.8. The Kier molecular flexibility index (Phi) is 7.87. The van der Waals surface area contributed by atoms with Crippen LogP contribution in [-0.2, 0) is 9.59 Å². The monoisotopic (exact) mass is 469 g/mol. The molecule has 2 N–H and O–H groups in total. The maximum atomic E-state index is 14.6. The van der Waals surface area contributed by atoms with Gasteiger partial charge in [0.1, 0.15) is 11.6 Å². The Morgan fingerprint density at radius 2 is 1.76 bits per heavy atom. The summed E-state index contributed by atoms with van der Waals surface area (Å²) in [6.45, 7) is 9.65. The smallest absolute Gasteiger partial charge is 0.241 e. The standard InChI is InChI=1S/C27H33F2N3O2/c1-17(2)31-24(33)15-30-25(27(3,4)5)26(34)32-16-19(21-14-20(28)11-12-22(21)29)13-23(32)18-9-7-6-8-10-18/h6-14,17,23,25,30H,15-16H2,1-5H3,(H,31,33)/t23-,25+/m0/s1. The van der Waals surface area contributed by atoms with Crippen LogP contribution >= 0.6 is 0 Å². The number of nitrogens with zero attached hydrogens (tertiary/aromatic N) is 1. The lowest BCUT2D eigenvalue weighted by molar-refractivity contribution is -0.136. The fraction of sp³-hybridized carbons (Fsp3) is 0.407. The van der Waals surface area contributed by atoms with Gasteiger partial charge < -0.3 is 10.2 Å². The van der Waals surface area contributed by atoms with Crippen molar-refractivity contribution >= 4 is 17.4 Å². The highest BCUT2D eigenvalue weighted by molar-refractivity contribution is 5.88. The van der Waals surface area contributed by atoms with Gasteiger partial charge in [0.2, 0.25) is 11.8 Å². The van der Waals surface area contributed by atoms with Crippen LogP contribution in [0.3, 0.4) is 0 Å². The SMILES string of the molecule is CC(C)NC(=O)CN[C@H](C(=O)N1CC(c2cc(F)ccc2F)=C[C@H]1c1ccccc1)C(C)(C)C. The molecule has 1 heterocycles. The van der Waals surface area contributed by atoms with E-state index in [0.29, 0.717) is 5.57 Å². The Hall–Kier alpha value is -3.06. The molecule has 0 saturated carbocycles. The highest BCUT2D eigenvalue weighted by Crippen LogP contribution is 2.37. The third-order valence-corrected chi connectivity index (χ3v) is 5.76. The zero-order valence-electron chi connectivity index (χ0n) is 20.4. The Labute approximate surface area is 200 Å². The summed E-state index contributed by atoms with van der Waals surface area (Å²) in [5.74, 6) is -1.48. The number of halogens is 2. The van der Waals surface area contributed by atoms with E-state index < -0.39 is 29.1 Å². The molecule has 2 aromatic rings. The minimum absolute atomic E-state index is 0.00545. The molecule has 0 aliphatic carbocycles. The molecular formula is C27H33F2N3O2. The topological polar surface area (TPSA) is 61.4 Å². The fourth-order valence-corrected chi connectivity index (χ4v) is 4.17. The van der Waals surface area contributed by atoms with Crippen LogP contribution in [-0.4, -0.2) is 41.9 Å². The summed E-state index contributed by atoms with van der Waals surface area (Å²) in [6.07, 6.45) is 1.82. The minimum atomic E-state index is -0.665. The van der Waals surface area contributed by atoms with Crippen LogP contribution in [0, 0.1) is 17.0 Å². The second kappa shape index (κ2) is 10.5. The molecule has 3 rings (SSSR count). The maximum absolute atomic E-state index is 14.6. The number of hydrogen-bond acceptors (Lipinski definition) is 3. The van der Waals surface area contributed by atoms with E-state index in [1.807, 2.05) is 71.0 Å². The van der Waals surface area contributed by atoms with E-state index in [-0.39, 0.29) is 36.5 Å². The Morgan fingerprint density at radius 3 is 2.38 bits per heavy atom. The summed E-state index contributed by atoms with van der Waals surface area (Å²) in [5.41, 5.74) is 1.06. The van der Waals surface area contributed by atoms with Gasteiger partial charge in [-0.15, -0.1) is 0 Å². The molecule has 7 heteroatoms. The third-order valence-electron chi connectivity index (χ3n) is 5.76. The van der Waals surface area contributed by atoms with Crippen molar-refractivity contribution in [2.45, 2.75) is 52.7 Å². The molecule has 2 amide bonds. The average Bonchev–Trinajstić information content (AvgIpc) is 3.20. The van der Waals surface area contributed by atoms with Crippen LogP contribution in [0.15, 0.2) is 54.6 Å². The van der Waals surface area contributed by atoms with Crippen molar-refractivity contribution in [1.29, 1.82) is 0 Å². The number of nitrogens with one attached hydrogen (secondary N) is 2. The van der Waals surface area contributed by atoms with E-state index in [4.69, 9.17) is 0 Å². The van der Waals surface area contributed by atoms with Crippen LogP contribution in [0.4, 0.5) is 8.78 Å². The van der Waals surface area contributed by atoms with Gasteiger partial charge in [-0.2, -0.15) is 0 Å². The van der Waals surface area contributed by atoms with E-state index in [0.717, 1.165) is 23.8 Å². The number of hydrogen-bond donors (Lipinski definition) is 2. The minimum Gasteiger partial charge on any atom is -0.353 e. The van der Waals surface area contributed by atoms with Crippen molar-refractivity contribution in [1.82, 2.24) is 15.5 Å². The highest BCUT2D eigenvalue weighted by atomic mass is 19.1. The molecule has 1 aliphatic rings. The first-order valence-corrected chi connectivity index (χ1v) is 11.5. The quantitative estimate of drug-likeness (QED) is 0.630. The molecule has 0 bridgehead atoms. The molecule has 2 aromatic carbocycles. The molecular weight excluding hydrogens is 436 g/mol. The maximum Gasteiger partial charge on any atom is 0.241 e. The third kappa shape index (κ3) is 6.08. The van der Waals surface area contributed by atoms with Gasteiger partial charge in [-0.25, -0.2) is 8.78 Å². The van der Waals surface area contributed by atoms with E-state index in [9.17, 15) is 18.4 Å². The molecule has 0 spiro atoms.